The van der Waals surface area contributed by atoms with Crippen LogP contribution in [-0.2, 0) is 17.7 Å². The normalized spacial score (nSPS) is 15.7. The van der Waals surface area contributed by atoms with Crippen LogP contribution in [0.5, 0.6) is 11.5 Å². The van der Waals surface area contributed by atoms with Gasteiger partial charge in [-0.3, -0.25) is 9.69 Å². The predicted octanol–water partition coefficient (Wildman–Crippen LogP) is 1.49. The topological polar surface area (TPSA) is 102 Å². The SMILES string of the molecule is COc1cc2c(cc1OC)-c1cc(C(=O)NCCN3CCOCC3)c(C(=O)O)n1CC2. The molecule has 31 heavy (non-hydrogen) atoms. The molecule has 3 heterocycles. The number of aromatic nitrogens is 1. The molecule has 0 radical (unpaired) electrons. The van der Waals surface area contributed by atoms with E-state index in [1.807, 2.05) is 12.1 Å². The van der Waals surface area contributed by atoms with E-state index in [9.17, 15) is 14.7 Å². The zero-order valence-electron chi connectivity index (χ0n) is 17.8. The Bertz CT molecular complexity index is 994. The second-order valence-corrected chi connectivity index (χ2v) is 7.57. The van der Waals surface area contributed by atoms with Crippen molar-refractivity contribution in [1.82, 2.24) is 14.8 Å². The average molecular weight is 429 g/mol. The van der Waals surface area contributed by atoms with Crippen molar-refractivity contribution in [2.75, 3.05) is 53.6 Å². The highest BCUT2D eigenvalue weighted by Crippen LogP contribution is 2.40. The van der Waals surface area contributed by atoms with Crippen LogP contribution in [0.3, 0.4) is 0 Å². The molecule has 9 nitrogen and oxygen atoms in total. The Morgan fingerprint density at radius 1 is 1.10 bits per heavy atom. The minimum absolute atomic E-state index is 0.0132. The lowest BCUT2D eigenvalue weighted by Crippen LogP contribution is -2.41. The van der Waals surface area contributed by atoms with Crippen LogP contribution >= 0.6 is 0 Å². The van der Waals surface area contributed by atoms with Crippen molar-refractivity contribution in [2.24, 2.45) is 0 Å². The first-order valence-electron chi connectivity index (χ1n) is 10.3. The minimum atomic E-state index is -1.12. The summed E-state index contributed by atoms with van der Waals surface area (Å²) < 4.78 is 17.8. The van der Waals surface area contributed by atoms with E-state index in [4.69, 9.17) is 14.2 Å². The van der Waals surface area contributed by atoms with Crippen LogP contribution in [0.15, 0.2) is 18.2 Å². The van der Waals surface area contributed by atoms with Gasteiger partial charge in [0.05, 0.1) is 33.0 Å². The highest BCUT2D eigenvalue weighted by atomic mass is 16.5. The number of carbonyl (C=O) groups is 2. The summed E-state index contributed by atoms with van der Waals surface area (Å²) in [5.74, 6) is -0.312. The van der Waals surface area contributed by atoms with Crippen LogP contribution < -0.4 is 14.8 Å². The van der Waals surface area contributed by atoms with Crippen molar-refractivity contribution in [3.63, 3.8) is 0 Å². The van der Waals surface area contributed by atoms with E-state index in [1.54, 1.807) is 24.9 Å². The van der Waals surface area contributed by atoms with Gasteiger partial charge in [-0.1, -0.05) is 0 Å². The molecule has 0 atom stereocenters. The number of hydrogen-bond acceptors (Lipinski definition) is 6. The van der Waals surface area contributed by atoms with E-state index in [2.05, 4.69) is 10.2 Å². The number of nitrogens with one attached hydrogen (secondary N) is 1. The monoisotopic (exact) mass is 429 g/mol. The number of methoxy groups -OCH3 is 2. The van der Waals surface area contributed by atoms with E-state index in [-0.39, 0.29) is 17.2 Å². The van der Waals surface area contributed by atoms with Gasteiger partial charge < -0.3 is 29.2 Å². The van der Waals surface area contributed by atoms with Gasteiger partial charge in [-0.2, -0.15) is 0 Å². The van der Waals surface area contributed by atoms with Gasteiger partial charge in [0.25, 0.3) is 5.91 Å². The summed E-state index contributed by atoms with van der Waals surface area (Å²) in [6.45, 7) is 4.66. The molecular formula is C22H27N3O6. The predicted molar refractivity (Wildman–Crippen MR) is 113 cm³/mol. The van der Waals surface area contributed by atoms with Crippen LogP contribution in [0.2, 0.25) is 0 Å². The molecule has 0 aliphatic carbocycles. The smallest absolute Gasteiger partial charge is 0.353 e. The standard InChI is InChI=1S/C22H27N3O6/c1-29-18-11-14-3-5-25-17(15(14)13-19(18)30-2)12-16(20(25)22(27)28)21(26)23-4-6-24-7-9-31-10-8-24/h11-13H,3-10H2,1-2H3,(H,23,26)(H,27,28). The lowest BCUT2D eigenvalue weighted by Gasteiger charge is -2.26. The Balaban J connectivity index is 1.61. The molecule has 2 aromatic rings. The number of aromatic carboxylic acids is 1. The van der Waals surface area contributed by atoms with Gasteiger partial charge in [-0.15, -0.1) is 0 Å². The van der Waals surface area contributed by atoms with Crippen LogP contribution in [0, 0.1) is 0 Å². The summed E-state index contributed by atoms with van der Waals surface area (Å²) in [7, 11) is 3.14. The van der Waals surface area contributed by atoms with E-state index in [1.165, 1.54) is 0 Å². The lowest BCUT2D eigenvalue weighted by molar-refractivity contribution is 0.0383. The first-order chi connectivity index (χ1) is 15.0. The first-order valence-corrected chi connectivity index (χ1v) is 10.3. The van der Waals surface area contributed by atoms with Gasteiger partial charge in [-0.25, -0.2) is 4.79 Å². The molecule has 166 valence electrons. The molecule has 1 amide bonds. The number of carboxylic acid groups (broad SMARTS) is 1. The van der Waals surface area contributed by atoms with Gasteiger partial charge in [0.1, 0.15) is 5.69 Å². The molecule has 2 aliphatic rings. The Hall–Kier alpha value is -3.04. The maximum Gasteiger partial charge on any atom is 0.353 e. The number of aryl methyl sites for hydroxylation is 1. The number of amides is 1. The molecule has 0 bridgehead atoms. The fourth-order valence-corrected chi connectivity index (χ4v) is 4.25. The third-order valence-corrected chi connectivity index (χ3v) is 5.85. The van der Waals surface area contributed by atoms with Crippen LogP contribution in [0.4, 0.5) is 0 Å². The zero-order valence-corrected chi connectivity index (χ0v) is 17.8. The van der Waals surface area contributed by atoms with Gasteiger partial charge in [0.15, 0.2) is 11.5 Å². The molecule has 2 N–H and O–H groups in total. The molecule has 0 unspecified atom stereocenters. The van der Waals surface area contributed by atoms with Crippen LogP contribution in [0.25, 0.3) is 11.3 Å². The summed E-state index contributed by atoms with van der Waals surface area (Å²) in [6.07, 6.45) is 0.635. The number of ether oxygens (including phenoxy) is 3. The van der Waals surface area contributed by atoms with Gasteiger partial charge in [0.2, 0.25) is 0 Å². The second-order valence-electron chi connectivity index (χ2n) is 7.57. The van der Waals surface area contributed by atoms with Gasteiger partial charge in [0, 0.05) is 44.0 Å². The molecule has 4 rings (SSSR count). The third kappa shape index (κ3) is 4.11. The van der Waals surface area contributed by atoms with Crippen molar-refractivity contribution in [3.05, 3.63) is 35.0 Å². The first kappa shape index (κ1) is 21.2. The van der Waals surface area contributed by atoms with Crippen molar-refractivity contribution < 1.29 is 28.9 Å². The van der Waals surface area contributed by atoms with Gasteiger partial charge >= 0.3 is 5.97 Å². The fraction of sp³-hybridized carbons (Fsp3) is 0.455. The number of benzene rings is 1. The summed E-state index contributed by atoms with van der Waals surface area (Å²) in [6, 6.07) is 5.41. The molecule has 0 spiro atoms. The maximum atomic E-state index is 12.9. The van der Waals surface area contributed by atoms with E-state index >= 15 is 0 Å². The Kier molecular flexibility index (Phi) is 6.15. The molecule has 1 aromatic carbocycles. The molecule has 1 aromatic heterocycles. The molecule has 1 saturated heterocycles. The number of fused-ring (bicyclic) bond motifs is 3. The maximum absolute atomic E-state index is 12.9. The summed E-state index contributed by atoms with van der Waals surface area (Å²) in [5.41, 5.74) is 2.75. The third-order valence-electron chi connectivity index (χ3n) is 5.85. The highest BCUT2D eigenvalue weighted by Gasteiger charge is 2.29. The number of nitrogens with zero attached hydrogens (tertiary/aromatic N) is 2. The van der Waals surface area contributed by atoms with Crippen LogP contribution in [0.1, 0.15) is 26.4 Å². The second kappa shape index (κ2) is 8.99. The molecule has 9 heteroatoms. The van der Waals surface area contributed by atoms with Crippen LogP contribution in [-0.4, -0.2) is 80.1 Å². The minimum Gasteiger partial charge on any atom is -0.493 e. The van der Waals surface area contributed by atoms with Crippen molar-refractivity contribution in [3.8, 4) is 22.8 Å². The summed E-state index contributed by atoms with van der Waals surface area (Å²) >= 11 is 0. The number of hydrogen-bond donors (Lipinski definition) is 2. The quantitative estimate of drug-likeness (QED) is 0.687. The Morgan fingerprint density at radius 2 is 1.81 bits per heavy atom. The van der Waals surface area contributed by atoms with Crippen molar-refractivity contribution in [2.45, 2.75) is 13.0 Å². The van der Waals surface area contributed by atoms with Crippen molar-refractivity contribution >= 4 is 11.9 Å². The van der Waals surface area contributed by atoms with Gasteiger partial charge in [-0.05, 0) is 30.2 Å². The number of rotatable bonds is 7. The molecule has 0 saturated carbocycles. The zero-order chi connectivity index (χ0) is 22.0. The number of morpholine rings is 1. The van der Waals surface area contributed by atoms with E-state index in [0.29, 0.717) is 56.5 Å². The number of carbonyl (C=O) groups excluding carboxylic acids is 1. The van der Waals surface area contributed by atoms with E-state index < -0.39 is 5.97 Å². The highest BCUT2D eigenvalue weighted by molar-refractivity contribution is 6.05. The Morgan fingerprint density at radius 3 is 2.48 bits per heavy atom. The fourth-order valence-electron chi connectivity index (χ4n) is 4.25. The van der Waals surface area contributed by atoms with Crippen molar-refractivity contribution in [1.29, 1.82) is 0 Å². The number of carboxylic acids is 1. The molecule has 2 aliphatic heterocycles. The molecular weight excluding hydrogens is 402 g/mol. The summed E-state index contributed by atoms with van der Waals surface area (Å²) in [4.78, 5) is 27.1. The lowest BCUT2D eigenvalue weighted by atomic mass is 9.97. The molecule has 1 fully saturated rings. The average Bonchev–Trinajstić information content (AvgIpc) is 3.19. The largest absolute Gasteiger partial charge is 0.493 e. The summed E-state index contributed by atoms with van der Waals surface area (Å²) in [5, 5.41) is 12.7. The van der Waals surface area contributed by atoms with E-state index in [0.717, 1.165) is 24.2 Å². The Labute approximate surface area is 180 Å².